The van der Waals surface area contributed by atoms with Crippen LogP contribution in [-0.4, -0.2) is 53.3 Å². The van der Waals surface area contributed by atoms with Gasteiger partial charge >= 0.3 is 17.9 Å². The number of hydrogen-bond donors (Lipinski definition) is 3. The summed E-state index contributed by atoms with van der Waals surface area (Å²) in [6, 6.07) is 2.87. The maximum atomic E-state index is 13.2. The smallest absolute Gasteiger partial charge is 0.332 e. The number of nitrogen functional groups attached to an aromatic ring is 1. The van der Waals surface area contributed by atoms with Crippen molar-refractivity contribution in [3.05, 3.63) is 23.8 Å². The molecule has 0 radical (unpaired) electrons. The third kappa shape index (κ3) is 7.34. The lowest BCUT2D eigenvalue weighted by atomic mass is 9.92. The van der Waals surface area contributed by atoms with Crippen LogP contribution in [0.3, 0.4) is 0 Å². The molecule has 10 heteroatoms. The number of aromatic hydroxyl groups is 1. The summed E-state index contributed by atoms with van der Waals surface area (Å²) in [6.45, 7) is 8.68. The quantitative estimate of drug-likeness (QED) is 0.215. The SMILES string of the molecule is CCCCC1C(=O)OC(C)C(NC(=O)c2cccc(N)c2O)C(=O)OC(C)C1OC(=O)CC(C)C. The Morgan fingerprint density at radius 2 is 1.80 bits per heavy atom. The average Bonchev–Trinajstić information content (AvgIpc) is 2.79. The molecule has 0 bridgehead atoms. The van der Waals surface area contributed by atoms with Crippen LogP contribution in [0.2, 0.25) is 0 Å². The highest BCUT2D eigenvalue weighted by molar-refractivity contribution is 6.00. The Hall–Kier alpha value is -3.30. The van der Waals surface area contributed by atoms with Crippen molar-refractivity contribution in [1.29, 1.82) is 0 Å². The van der Waals surface area contributed by atoms with Gasteiger partial charge in [0.1, 0.15) is 12.2 Å². The van der Waals surface area contributed by atoms with E-state index < -0.39 is 59.8 Å². The van der Waals surface area contributed by atoms with Crippen molar-refractivity contribution in [1.82, 2.24) is 5.32 Å². The predicted molar refractivity (Wildman–Crippen MR) is 127 cm³/mol. The average molecular weight is 493 g/mol. The molecule has 2 rings (SSSR count). The molecule has 1 saturated heterocycles. The van der Waals surface area contributed by atoms with Crippen LogP contribution in [0.1, 0.15) is 70.7 Å². The fraction of sp³-hybridized carbons (Fsp3) is 0.600. The highest BCUT2D eigenvalue weighted by Gasteiger charge is 2.43. The van der Waals surface area contributed by atoms with Gasteiger partial charge in [0, 0.05) is 6.42 Å². The van der Waals surface area contributed by atoms with Crippen LogP contribution in [0.25, 0.3) is 0 Å². The van der Waals surface area contributed by atoms with E-state index in [1.54, 1.807) is 0 Å². The van der Waals surface area contributed by atoms with Gasteiger partial charge in [-0.05, 0) is 38.3 Å². The summed E-state index contributed by atoms with van der Waals surface area (Å²) in [7, 11) is 0. The summed E-state index contributed by atoms with van der Waals surface area (Å²) in [5.74, 6) is -4.05. The first-order chi connectivity index (χ1) is 16.5. The standard InChI is InChI=1S/C25H36N2O8/c1-6-7-9-17-22(35-19(28)12-13(2)3)15(5)34-25(32)20(14(4)33-24(17)31)27-23(30)16-10-8-11-18(26)21(16)29/h8,10-11,13-15,17,20,22,29H,6-7,9,12,26H2,1-5H3,(H,27,30). The van der Waals surface area contributed by atoms with Crippen LogP contribution in [-0.2, 0) is 28.6 Å². The van der Waals surface area contributed by atoms with Crippen LogP contribution in [0.5, 0.6) is 5.75 Å². The Labute approximate surface area is 205 Å². The van der Waals surface area contributed by atoms with Crippen molar-refractivity contribution in [2.45, 2.75) is 84.7 Å². The second-order valence-corrected chi connectivity index (χ2v) is 9.28. The first kappa shape index (κ1) is 27.9. The Morgan fingerprint density at radius 3 is 2.43 bits per heavy atom. The van der Waals surface area contributed by atoms with E-state index in [0.717, 1.165) is 6.42 Å². The van der Waals surface area contributed by atoms with Crippen molar-refractivity contribution in [2.75, 3.05) is 5.73 Å². The van der Waals surface area contributed by atoms with Gasteiger partial charge in [-0.25, -0.2) is 4.79 Å². The number of rotatable bonds is 8. The second kappa shape index (κ2) is 12.4. The van der Waals surface area contributed by atoms with Crippen LogP contribution in [0, 0.1) is 11.8 Å². The summed E-state index contributed by atoms with van der Waals surface area (Å²) in [5, 5.41) is 12.6. The maximum absolute atomic E-state index is 13.2. The van der Waals surface area contributed by atoms with E-state index in [1.807, 2.05) is 20.8 Å². The zero-order valence-electron chi connectivity index (χ0n) is 20.9. The number of amides is 1. The number of nitrogens with one attached hydrogen (secondary N) is 1. The number of para-hydroxylation sites is 1. The van der Waals surface area contributed by atoms with Crippen LogP contribution in [0.15, 0.2) is 18.2 Å². The lowest BCUT2D eigenvalue weighted by molar-refractivity contribution is -0.175. The van der Waals surface area contributed by atoms with E-state index in [1.165, 1.54) is 32.0 Å². The number of phenols is 1. The number of carbonyl (C=O) groups is 4. The number of ether oxygens (including phenoxy) is 3. The van der Waals surface area contributed by atoms with E-state index in [2.05, 4.69) is 5.32 Å². The summed E-state index contributed by atoms with van der Waals surface area (Å²) < 4.78 is 16.8. The molecule has 0 saturated carbocycles. The number of carbonyl (C=O) groups excluding carboxylic acids is 4. The summed E-state index contributed by atoms with van der Waals surface area (Å²) >= 11 is 0. The Kier molecular flexibility index (Phi) is 9.91. The van der Waals surface area contributed by atoms with Crippen molar-refractivity contribution in [2.24, 2.45) is 11.8 Å². The monoisotopic (exact) mass is 492 g/mol. The van der Waals surface area contributed by atoms with E-state index in [0.29, 0.717) is 12.8 Å². The lowest BCUT2D eigenvalue weighted by Crippen LogP contribution is -2.50. The number of anilines is 1. The topological polar surface area (TPSA) is 154 Å². The van der Waals surface area contributed by atoms with Crippen LogP contribution in [0.4, 0.5) is 5.69 Å². The zero-order valence-corrected chi connectivity index (χ0v) is 20.9. The minimum absolute atomic E-state index is 0.00684. The fourth-order valence-corrected chi connectivity index (χ4v) is 3.87. The molecule has 35 heavy (non-hydrogen) atoms. The van der Waals surface area contributed by atoms with Gasteiger partial charge in [-0.1, -0.05) is 39.7 Å². The molecule has 0 aliphatic carbocycles. The molecule has 5 atom stereocenters. The van der Waals surface area contributed by atoms with Crippen molar-refractivity contribution < 1.29 is 38.5 Å². The molecular formula is C25H36N2O8. The van der Waals surface area contributed by atoms with Gasteiger partial charge in [-0.3, -0.25) is 14.4 Å². The number of cyclic esters (lactones) is 2. The molecule has 1 aliphatic rings. The number of nitrogens with two attached hydrogens (primary N) is 1. The van der Waals surface area contributed by atoms with Crippen LogP contribution < -0.4 is 11.1 Å². The molecular weight excluding hydrogens is 456 g/mol. The highest BCUT2D eigenvalue weighted by atomic mass is 16.6. The lowest BCUT2D eigenvalue weighted by Gasteiger charge is -2.29. The second-order valence-electron chi connectivity index (χ2n) is 9.28. The first-order valence-corrected chi connectivity index (χ1v) is 11.9. The third-order valence-corrected chi connectivity index (χ3v) is 5.80. The third-order valence-electron chi connectivity index (χ3n) is 5.80. The van der Waals surface area contributed by atoms with Gasteiger partial charge in [0.2, 0.25) is 0 Å². The normalized spacial score (nSPS) is 25.0. The van der Waals surface area contributed by atoms with Crippen molar-refractivity contribution in [3.63, 3.8) is 0 Å². The Morgan fingerprint density at radius 1 is 1.14 bits per heavy atom. The number of phenolic OH excluding ortho intramolecular Hbond substituents is 1. The molecule has 1 aromatic rings. The molecule has 194 valence electrons. The van der Waals surface area contributed by atoms with E-state index >= 15 is 0 Å². The summed E-state index contributed by atoms with van der Waals surface area (Å²) in [6.07, 6.45) is -1.13. The number of benzene rings is 1. The first-order valence-electron chi connectivity index (χ1n) is 11.9. The van der Waals surface area contributed by atoms with Crippen molar-refractivity contribution >= 4 is 29.5 Å². The molecule has 0 aromatic heterocycles. The zero-order chi connectivity index (χ0) is 26.3. The molecule has 1 fully saturated rings. The number of unbranched alkanes of at least 4 members (excludes halogenated alkanes) is 1. The molecule has 10 nitrogen and oxygen atoms in total. The molecule has 0 spiro atoms. The molecule has 1 aromatic carbocycles. The molecule has 1 amide bonds. The van der Waals surface area contributed by atoms with Gasteiger partial charge in [0.05, 0.1) is 17.2 Å². The minimum atomic E-state index is -1.37. The van der Waals surface area contributed by atoms with E-state index in [9.17, 15) is 24.3 Å². The van der Waals surface area contributed by atoms with E-state index in [-0.39, 0.29) is 23.6 Å². The molecule has 1 aliphatic heterocycles. The van der Waals surface area contributed by atoms with Gasteiger partial charge in [0.15, 0.2) is 17.9 Å². The molecule has 5 unspecified atom stereocenters. The Bertz CT molecular complexity index is 932. The summed E-state index contributed by atoms with van der Waals surface area (Å²) in [5.41, 5.74) is 5.50. The largest absolute Gasteiger partial charge is 0.505 e. The highest BCUT2D eigenvalue weighted by Crippen LogP contribution is 2.28. The minimum Gasteiger partial charge on any atom is -0.505 e. The summed E-state index contributed by atoms with van der Waals surface area (Å²) in [4.78, 5) is 51.4. The molecule has 4 N–H and O–H groups in total. The predicted octanol–water partition coefficient (Wildman–Crippen LogP) is 2.71. The Balaban J connectivity index is 2.33. The van der Waals surface area contributed by atoms with Gasteiger partial charge in [-0.2, -0.15) is 0 Å². The van der Waals surface area contributed by atoms with E-state index in [4.69, 9.17) is 19.9 Å². The molecule has 1 heterocycles. The van der Waals surface area contributed by atoms with Gasteiger partial charge in [0.25, 0.3) is 5.91 Å². The van der Waals surface area contributed by atoms with Gasteiger partial charge < -0.3 is 30.4 Å². The van der Waals surface area contributed by atoms with Gasteiger partial charge in [-0.15, -0.1) is 0 Å². The fourth-order valence-electron chi connectivity index (χ4n) is 3.87. The van der Waals surface area contributed by atoms with Crippen molar-refractivity contribution in [3.8, 4) is 5.75 Å². The maximum Gasteiger partial charge on any atom is 0.332 e. The number of hydrogen-bond acceptors (Lipinski definition) is 9. The number of esters is 3. The van der Waals surface area contributed by atoms with Crippen LogP contribution >= 0.6 is 0 Å².